The number of primary amides is 1. The Morgan fingerprint density at radius 2 is 1.81 bits per heavy atom. The Kier molecular flexibility index (Phi) is 7.06. The summed E-state index contributed by atoms with van der Waals surface area (Å²) in [4.78, 5) is 49.2. The molecule has 0 radical (unpaired) electrons. The van der Waals surface area contributed by atoms with Gasteiger partial charge in [0.2, 0.25) is 12.7 Å². The van der Waals surface area contributed by atoms with E-state index in [1.54, 1.807) is 6.07 Å². The van der Waals surface area contributed by atoms with Gasteiger partial charge in [0, 0.05) is 19.2 Å². The van der Waals surface area contributed by atoms with Gasteiger partial charge in [0.1, 0.15) is 22.9 Å². The van der Waals surface area contributed by atoms with Crippen molar-refractivity contribution in [1.82, 2.24) is 10.2 Å². The third-order valence-corrected chi connectivity index (χ3v) is 5.76. The Morgan fingerprint density at radius 3 is 2.47 bits per heavy atom. The van der Waals surface area contributed by atoms with Crippen LogP contribution in [-0.2, 0) is 20.7 Å². The van der Waals surface area contributed by atoms with E-state index in [9.17, 15) is 33.0 Å². The molecule has 2 heterocycles. The Balaban J connectivity index is 1.34. The number of nitrogens with zero attached hydrogens (tertiary/aromatic N) is 1. The lowest BCUT2D eigenvalue weighted by molar-refractivity contribution is -0.129. The van der Waals surface area contributed by atoms with Gasteiger partial charge in [0.25, 0.3) is 0 Å². The first-order chi connectivity index (χ1) is 17.1. The molecule has 3 amide bonds. The molecule has 2 aliphatic rings. The second-order valence-corrected chi connectivity index (χ2v) is 8.17. The van der Waals surface area contributed by atoms with Gasteiger partial charge in [-0.2, -0.15) is 0 Å². The number of fused-ring (bicyclic) bond motifs is 1. The molecule has 2 aromatic rings. The number of nitrogens with two attached hydrogens (primary N) is 1. The van der Waals surface area contributed by atoms with Gasteiger partial charge < -0.3 is 35.1 Å². The Bertz CT molecular complexity index is 1220. The summed E-state index contributed by atoms with van der Waals surface area (Å²) in [7, 11) is -1.48. The predicted octanol–water partition coefficient (Wildman–Crippen LogP) is 0.386. The minimum atomic E-state index is -1.48. The van der Waals surface area contributed by atoms with Crippen LogP contribution in [-0.4, -0.2) is 66.7 Å². The van der Waals surface area contributed by atoms with Gasteiger partial charge in [-0.25, -0.2) is 23.2 Å². The summed E-state index contributed by atoms with van der Waals surface area (Å²) in [5, 5.41) is 13.1. The summed E-state index contributed by atoms with van der Waals surface area (Å²) in [5.74, 6) is -5.73. The molecule has 0 saturated carbocycles. The topological polar surface area (TPSA) is 157 Å². The number of rotatable bonds is 6. The van der Waals surface area contributed by atoms with Crippen molar-refractivity contribution in [1.29, 1.82) is 0 Å². The highest BCUT2D eigenvalue weighted by Gasteiger charge is 2.41. The van der Waals surface area contributed by atoms with Crippen LogP contribution in [0.2, 0.25) is 0 Å². The minimum absolute atomic E-state index is 0.0277. The first kappa shape index (κ1) is 24.9. The van der Waals surface area contributed by atoms with Crippen molar-refractivity contribution >= 4 is 31.0 Å². The molecule has 4 N–H and O–H groups in total. The number of hydrogen-bond donors (Lipinski definition) is 3. The number of nitrogens with one attached hydrogen (secondary N) is 1. The average molecular weight is 503 g/mol. The number of esters is 2. The zero-order valence-electron chi connectivity index (χ0n) is 18.6. The van der Waals surface area contributed by atoms with Crippen molar-refractivity contribution in [3.8, 4) is 5.75 Å². The van der Waals surface area contributed by atoms with Gasteiger partial charge in [0.15, 0.2) is 0 Å². The number of hydrogen-bond acceptors (Lipinski definition) is 8. The number of urea groups is 1. The lowest BCUT2D eigenvalue weighted by Crippen LogP contribution is -2.61. The van der Waals surface area contributed by atoms with Crippen LogP contribution in [0.15, 0.2) is 36.4 Å². The summed E-state index contributed by atoms with van der Waals surface area (Å²) in [6, 6.07) is 6.19. The number of benzene rings is 2. The van der Waals surface area contributed by atoms with Crippen molar-refractivity contribution in [2.24, 2.45) is 11.7 Å². The maximum atomic E-state index is 13.7. The van der Waals surface area contributed by atoms with Crippen LogP contribution in [0, 0.1) is 17.6 Å². The standard InChI is InChI=1S/C22H20BF2N3O8/c24-13-4-5-14(16(25)7-13)20(30)34-10-35-21(31)15-3-1-2-11-6-17(23(33)36-18(11)15)27-19(29)12-8-28(9-12)22(26)32/h1-5,7,12,17,33H,6,8-10H2,(H2,26,32)(H,27,29)/t17-/m0/s1. The highest BCUT2D eigenvalue weighted by atomic mass is 19.1. The largest absolute Gasteiger partial charge is 0.547 e. The maximum Gasteiger partial charge on any atom is 0.547 e. The number of likely N-dealkylation sites (tertiary alicyclic amines) is 1. The number of carbonyl (C=O) groups excluding carboxylic acids is 4. The number of carbonyl (C=O) groups is 4. The molecule has 14 heteroatoms. The molecule has 4 rings (SSSR count). The van der Waals surface area contributed by atoms with E-state index in [1.165, 1.54) is 17.0 Å². The zero-order chi connectivity index (χ0) is 26.0. The Labute approximate surface area is 203 Å². The molecule has 0 aliphatic carbocycles. The Morgan fingerprint density at radius 1 is 1.11 bits per heavy atom. The monoisotopic (exact) mass is 503 g/mol. The summed E-state index contributed by atoms with van der Waals surface area (Å²) < 4.78 is 41.7. The van der Waals surface area contributed by atoms with E-state index in [1.807, 2.05) is 0 Å². The van der Waals surface area contributed by atoms with E-state index in [0.29, 0.717) is 11.6 Å². The SMILES string of the molecule is NC(=O)N1CC(C(=O)N[C@H]2Cc3cccc(C(=O)OCOC(=O)c4ccc(F)cc4F)c3OB2O)C1. The van der Waals surface area contributed by atoms with E-state index in [4.69, 9.17) is 19.9 Å². The Hall–Kier alpha value is -4.20. The van der Waals surface area contributed by atoms with E-state index >= 15 is 0 Å². The normalized spacial score (nSPS) is 16.8. The molecule has 36 heavy (non-hydrogen) atoms. The van der Waals surface area contributed by atoms with Gasteiger partial charge in [-0.15, -0.1) is 0 Å². The van der Waals surface area contributed by atoms with Crippen LogP contribution < -0.4 is 15.7 Å². The molecule has 1 atom stereocenters. The highest BCUT2D eigenvalue weighted by Crippen LogP contribution is 2.31. The fourth-order valence-corrected chi connectivity index (χ4v) is 3.78. The molecule has 2 aliphatic heterocycles. The average Bonchev–Trinajstić information content (AvgIpc) is 2.77. The summed E-state index contributed by atoms with van der Waals surface area (Å²) in [6.07, 6.45) is 0.133. The molecule has 1 fully saturated rings. The van der Waals surface area contributed by atoms with Crippen molar-refractivity contribution in [2.75, 3.05) is 19.9 Å². The van der Waals surface area contributed by atoms with Crippen molar-refractivity contribution in [3.05, 3.63) is 64.7 Å². The first-order valence-electron chi connectivity index (χ1n) is 10.7. The van der Waals surface area contributed by atoms with Crippen LogP contribution >= 0.6 is 0 Å². The fraction of sp³-hybridized carbons (Fsp3) is 0.273. The quantitative estimate of drug-likeness (QED) is 0.290. The predicted molar refractivity (Wildman–Crippen MR) is 117 cm³/mol. The second kappa shape index (κ2) is 10.2. The van der Waals surface area contributed by atoms with E-state index in [-0.39, 0.29) is 36.7 Å². The van der Waals surface area contributed by atoms with E-state index in [0.717, 1.165) is 12.1 Å². The van der Waals surface area contributed by atoms with Crippen molar-refractivity contribution < 1.29 is 47.1 Å². The molecule has 188 valence electrons. The summed E-state index contributed by atoms with van der Waals surface area (Å²) >= 11 is 0. The van der Waals surface area contributed by atoms with Gasteiger partial charge >= 0.3 is 25.1 Å². The molecule has 11 nitrogen and oxygen atoms in total. The third kappa shape index (κ3) is 5.22. The lowest BCUT2D eigenvalue weighted by atomic mass is 9.72. The smallest absolute Gasteiger partial charge is 0.534 e. The van der Waals surface area contributed by atoms with Crippen LogP contribution in [0.25, 0.3) is 0 Å². The van der Waals surface area contributed by atoms with Crippen LogP contribution in [0.5, 0.6) is 5.75 Å². The highest BCUT2D eigenvalue weighted by molar-refractivity contribution is 6.47. The number of amides is 3. The van der Waals surface area contributed by atoms with Crippen LogP contribution in [0.3, 0.4) is 0 Å². The molecular formula is C22H20BF2N3O8. The maximum absolute atomic E-state index is 13.7. The molecule has 0 aromatic heterocycles. The summed E-state index contributed by atoms with van der Waals surface area (Å²) in [5.41, 5.74) is 5.04. The van der Waals surface area contributed by atoms with Crippen LogP contribution in [0.1, 0.15) is 26.3 Å². The second-order valence-electron chi connectivity index (χ2n) is 8.17. The van der Waals surface area contributed by atoms with Gasteiger partial charge in [-0.3, -0.25) is 4.79 Å². The van der Waals surface area contributed by atoms with Gasteiger partial charge in [-0.1, -0.05) is 12.1 Å². The molecule has 1 saturated heterocycles. The molecule has 0 unspecified atom stereocenters. The minimum Gasteiger partial charge on any atom is -0.534 e. The van der Waals surface area contributed by atoms with Gasteiger partial charge in [-0.05, 0) is 30.2 Å². The number of ether oxygens (including phenoxy) is 2. The van der Waals surface area contributed by atoms with E-state index < -0.39 is 60.9 Å². The van der Waals surface area contributed by atoms with E-state index in [2.05, 4.69) is 5.32 Å². The number of halogens is 2. The van der Waals surface area contributed by atoms with Crippen molar-refractivity contribution in [2.45, 2.75) is 12.4 Å². The first-order valence-corrected chi connectivity index (χ1v) is 10.7. The zero-order valence-corrected chi connectivity index (χ0v) is 18.6. The summed E-state index contributed by atoms with van der Waals surface area (Å²) in [6.45, 7) is -0.505. The fourth-order valence-electron chi connectivity index (χ4n) is 3.78. The molecular weight excluding hydrogens is 483 g/mol. The van der Waals surface area contributed by atoms with Crippen LogP contribution in [0.4, 0.5) is 13.6 Å². The number of para-hydroxylation sites is 1. The molecule has 0 bridgehead atoms. The molecule has 2 aromatic carbocycles. The van der Waals surface area contributed by atoms with Crippen molar-refractivity contribution in [3.63, 3.8) is 0 Å². The third-order valence-electron chi connectivity index (χ3n) is 5.76. The molecule has 0 spiro atoms. The van der Waals surface area contributed by atoms with Gasteiger partial charge in [0.05, 0.1) is 17.4 Å². The lowest BCUT2D eigenvalue weighted by Gasteiger charge is -2.38.